The van der Waals surface area contributed by atoms with Gasteiger partial charge in [0.05, 0.1) is 32.3 Å². The number of rotatable bonds is 11. The summed E-state index contributed by atoms with van der Waals surface area (Å²) in [4.78, 5) is 58.5. The number of aliphatic carboxylic acids is 1. The molecule has 16 heteroatoms. The molecule has 1 saturated heterocycles. The predicted octanol–water partition coefficient (Wildman–Crippen LogP) is -1.72. The van der Waals surface area contributed by atoms with E-state index >= 15 is 0 Å². The molecule has 2 aliphatic heterocycles. The van der Waals surface area contributed by atoms with Crippen LogP contribution in [-0.2, 0) is 24.0 Å². The number of carboxylic acid groups (broad SMARTS) is 1. The topological polar surface area (TPSA) is 193 Å². The van der Waals surface area contributed by atoms with Crippen LogP contribution in [0.5, 0.6) is 0 Å². The number of β-lactam (4-membered cyclic amide) rings is 1. The first kappa shape index (κ1) is 28.1. The van der Waals surface area contributed by atoms with Gasteiger partial charge in [-0.05, 0) is 18.6 Å². The Labute approximate surface area is 219 Å². The number of halogens is 1. The van der Waals surface area contributed by atoms with Crippen LogP contribution in [0.4, 0.5) is 9.52 Å². The SMILES string of the molecule is C[C@H](C(N)=O)[N+](C)(C)C/C=C/C1=C(C(=O)[O-])N2C(=O)[C@@H](NC(=O)/C(=N\OCF)c3csc(N)n3)[C@H]2SC1. The third-order valence-corrected chi connectivity index (χ3v) is 7.99. The van der Waals surface area contributed by atoms with Crippen molar-refractivity contribution >= 4 is 57.6 Å². The lowest BCUT2D eigenvalue weighted by Crippen LogP contribution is -2.71. The molecular formula is C21H26FN7O6S2. The van der Waals surface area contributed by atoms with Crippen LogP contribution in [0.3, 0.4) is 0 Å². The normalized spacial score (nSPS) is 20.9. The maximum Gasteiger partial charge on any atom is 0.276 e. The van der Waals surface area contributed by atoms with Crippen molar-refractivity contribution in [1.82, 2.24) is 15.2 Å². The highest BCUT2D eigenvalue weighted by molar-refractivity contribution is 8.00. The van der Waals surface area contributed by atoms with Gasteiger partial charge in [-0.15, -0.1) is 23.1 Å². The van der Waals surface area contributed by atoms with Gasteiger partial charge in [-0.3, -0.25) is 19.3 Å². The first-order valence-corrected chi connectivity index (χ1v) is 12.8. The van der Waals surface area contributed by atoms with Gasteiger partial charge < -0.3 is 36.0 Å². The zero-order valence-electron chi connectivity index (χ0n) is 20.2. The number of carbonyl (C=O) groups is 4. The smallest absolute Gasteiger partial charge is 0.276 e. The molecule has 5 N–H and O–H groups in total. The summed E-state index contributed by atoms with van der Waals surface area (Å²) >= 11 is 2.26. The Morgan fingerprint density at radius 1 is 1.46 bits per heavy atom. The number of allylic oxidation sites excluding steroid dienone is 1. The van der Waals surface area contributed by atoms with Crippen molar-refractivity contribution in [2.75, 3.05) is 39.0 Å². The molecule has 3 amide bonds. The molecule has 0 unspecified atom stereocenters. The number of anilines is 1. The van der Waals surface area contributed by atoms with Crippen LogP contribution in [0.15, 0.2) is 34.0 Å². The Morgan fingerprint density at radius 3 is 2.73 bits per heavy atom. The maximum absolute atomic E-state index is 12.9. The Bertz CT molecular complexity index is 1200. The van der Waals surface area contributed by atoms with Crippen LogP contribution in [-0.4, -0.2) is 94.5 Å². The molecule has 0 bridgehead atoms. The highest BCUT2D eigenvalue weighted by Crippen LogP contribution is 2.40. The minimum atomic E-state index is -1.54. The van der Waals surface area contributed by atoms with Crippen molar-refractivity contribution in [3.63, 3.8) is 0 Å². The third kappa shape index (κ3) is 5.91. The predicted molar refractivity (Wildman–Crippen MR) is 132 cm³/mol. The van der Waals surface area contributed by atoms with E-state index in [9.17, 15) is 28.7 Å². The van der Waals surface area contributed by atoms with Gasteiger partial charge in [-0.2, -0.15) is 0 Å². The van der Waals surface area contributed by atoms with Crippen molar-refractivity contribution in [2.45, 2.75) is 24.4 Å². The van der Waals surface area contributed by atoms with E-state index in [0.29, 0.717) is 12.1 Å². The number of thiazole rings is 1. The van der Waals surface area contributed by atoms with Gasteiger partial charge in [0.15, 0.2) is 16.9 Å². The number of carboxylic acids is 1. The van der Waals surface area contributed by atoms with Crippen LogP contribution in [0.25, 0.3) is 0 Å². The minimum Gasteiger partial charge on any atom is -0.543 e. The van der Waals surface area contributed by atoms with Crippen LogP contribution in [0.1, 0.15) is 12.6 Å². The van der Waals surface area contributed by atoms with Crippen molar-refractivity contribution in [3.8, 4) is 0 Å². The van der Waals surface area contributed by atoms with E-state index in [1.807, 2.05) is 14.1 Å². The number of primary amides is 1. The second-order valence-electron chi connectivity index (χ2n) is 8.71. The van der Waals surface area contributed by atoms with E-state index < -0.39 is 48.0 Å². The number of oxime groups is 1. The number of nitrogens with one attached hydrogen (secondary N) is 1. The fraction of sp³-hybridized carbons (Fsp3) is 0.429. The minimum absolute atomic E-state index is 0.0306. The standard InChI is InChI=1S/C21H26FN7O6S2/c1-10(16(23)30)29(2,3)6-4-5-11-7-36-19-14(18(32)28(19)15(11)20(33)34)26-17(31)13(27-35-9-22)12-8-37-21(24)25-12/h4-5,8,10,14,19H,6-7,9H2,1-3H3,(H5-,23,24,25,26,30,31,33,34)/b5-4+,27-13-/t10-,14-,19-/m1/s1. The number of alkyl halides is 1. The lowest BCUT2D eigenvalue weighted by molar-refractivity contribution is -0.898. The summed E-state index contributed by atoms with van der Waals surface area (Å²) in [6.45, 7) is 0.775. The Balaban J connectivity index is 1.77. The molecular weight excluding hydrogens is 529 g/mol. The maximum atomic E-state index is 12.9. The molecule has 1 aromatic rings. The Morgan fingerprint density at radius 2 is 2.16 bits per heavy atom. The molecule has 0 radical (unpaired) electrons. The van der Waals surface area contributed by atoms with E-state index in [1.165, 1.54) is 17.1 Å². The molecule has 200 valence electrons. The van der Waals surface area contributed by atoms with Gasteiger partial charge in [0.25, 0.3) is 24.6 Å². The molecule has 0 aliphatic carbocycles. The van der Waals surface area contributed by atoms with Crippen molar-refractivity contribution < 1.29 is 38.0 Å². The molecule has 3 heterocycles. The number of nitrogens with two attached hydrogens (primary N) is 2. The molecule has 0 spiro atoms. The van der Waals surface area contributed by atoms with Gasteiger partial charge in [-0.25, -0.2) is 9.37 Å². The number of aromatic nitrogens is 1. The Kier molecular flexibility index (Phi) is 8.55. The van der Waals surface area contributed by atoms with E-state index in [1.54, 1.807) is 19.1 Å². The number of hydrogen-bond acceptors (Lipinski definition) is 11. The zero-order chi connectivity index (χ0) is 27.5. The van der Waals surface area contributed by atoms with E-state index in [2.05, 4.69) is 20.3 Å². The third-order valence-electron chi connectivity index (χ3n) is 6.02. The molecule has 3 atom stereocenters. The summed E-state index contributed by atoms with van der Waals surface area (Å²) in [6.07, 6.45) is 3.28. The fourth-order valence-corrected chi connectivity index (χ4v) is 5.50. The molecule has 1 aromatic heterocycles. The number of hydrogen-bond donors (Lipinski definition) is 3. The molecule has 37 heavy (non-hydrogen) atoms. The first-order chi connectivity index (χ1) is 17.4. The van der Waals surface area contributed by atoms with Crippen LogP contribution < -0.4 is 21.9 Å². The average molecular weight is 556 g/mol. The molecule has 3 rings (SSSR count). The quantitative estimate of drug-likeness (QED) is 0.123. The molecule has 1 fully saturated rings. The van der Waals surface area contributed by atoms with Gasteiger partial charge in [0.1, 0.15) is 17.1 Å². The van der Waals surface area contributed by atoms with Crippen molar-refractivity contribution in [2.24, 2.45) is 10.9 Å². The van der Waals surface area contributed by atoms with Crippen molar-refractivity contribution in [1.29, 1.82) is 0 Å². The lowest BCUT2D eigenvalue weighted by Gasteiger charge is -2.50. The monoisotopic (exact) mass is 555 g/mol. The number of carbonyl (C=O) groups excluding carboxylic acids is 4. The van der Waals surface area contributed by atoms with E-state index in [4.69, 9.17) is 11.5 Å². The van der Waals surface area contributed by atoms with Gasteiger partial charge in [0.2, 0.25) is 0 Å². The second-order valence-corrected chi connectivity index (χ2v) is 10.7. The van der Waals surface area contributed by atoms with Crippen LogP contribution >= 0.6 is 23.1 Å². The van der Waals surface area contributed by atoms with Crippen molar-refractivity contribution in [3.05, 3.63) is 34.5 Å². The number of likely N-dealkylation sites (N-methyl/N-ethyl adjacent to an activating group) is 1. The van der Waals surface area contributed by atoms with Gasteiger partial charge in [0, 0.05) is 11.1 Å². The highest BCUT2D eigenvalue weighted by atomic mass is 32.2. The summed E-state index contributed by atoms with van der Waals surface area (Å²) < 4.78 is 12.7. The number of amides is 3. The number of thioether (sulfide) groups is 1. The molecule has 2 aliphatic rings. The Hall–Kier alpha value is -3.50. The summed E-state index contributed by atoms with van der Waals surface area (Å²) in [7, 11) is 3.61. The summed E-state index contributed by atoms with van der Waals surface area (Å²) in [6, 6.07) is -1.55. The average Bonchev–Trinajstić information content (AvgIpc) is 3.27. The number of fused-ring (bicyclic) bond motifs is 1. The molecule has 0 aromatic carbocycles. The summed E-state index contributed by atoms with van der Waals surface area (Å²) in [5.74, 6) is -3.33. The summed E-state index contributed by atoms with van der Waals surface area (Å²) in [5, 5.41) is 18.7. The lowest BCUT2D eigenvalue weighted by atomic mass is 10.0. The van der Waals surface area contributed by atoms with Crippen LogP contribution in [0.2, 0.25) is 0 Å². The molecule has 13 nitrogen and oxygen atoms in total. The van der Waals surface area contributed by atoms with E-state index in [-0.39, 0.29) is 32.5 Å². The number of quaternary nitrogens is 1. The first-order valence-electron chi connectivity index (χ1n) is 10.8. The highest BCUT2D eigenvalue weighted by Gasteiger charge is 2.53. The van der Waals surface area contributed by atoms with Gasteiger partial charge in [-0.1, -0.05) is 11.2 Å². The van der Waals surface area contributed by atoms with E-state index in [0.717, 1.165) is 16.2 Å². The fourth-order valence-electron chi connectivity index (χ4n) is 3.63. The number of nitrogen functional groups attached to an aromatic ring is 1. The van der Waals surface area contributed by atoms with Crippen LogP contribution in [0, 0.1) is 0 Å². The zero-order valence-corrected chi connectivity index (χ0v) is 21.8. The largest absolute Gasteiger partial charge is 0.543 e. The second kappa shape index (κ2) is 11.3. The summed E-state index contributed by atoms with van der Waals surface area (Å²) in [5.41, 5.74) is 10.7. The molecule has 0 saturated carbocycles. The van der Waals surface area contributed by atoms with Gasteiger partial charge >= 0.3 is 0 Å². The number of nitrogens with zero attached hydrogens (tertiary/aromatic N) is 4.